The third-order valence-electron chi connectivity index (χ3n) is 1.19. The molecule has 0 bridgehead atoms. The van der Waals surface area contributed by atoms with Crippen LogP contribution in [0.3, 0.4) is 0 Å². The van der Waals surface area contributed by atoms with Crippen LogP contribution >= 0.6 is 11.8 Å². The molecule has 0 N–H and O–H groups in total. The van der Waals surface area contributed by atoms with Crippen molar-refractivity contribution in [1.29, 1.82) is 0 Å². The molecular weight excluding hydrogens is 130 g/mol. The summed E-state index contributed by atoms with van der Waals surface area (Å²) in [6.07, 6.45) is 1.15. The summed E-state index contributed by atoms with van der Waals surface area (Å²) in [4.78, 5) is 4.06. The van der Waals surface area contributed by atoms with Gasteiger partial charge in [-0.2, -0.15) is 11.8 Å². The van der Waals surface area contributed by atoms with Gasteiger partial charge in [0.15, 0.2) is 0 Å². The van der Waals surface area contributed by atoms with Crippen LogP contribution in [-0.4, -0.2) is 24.3 Å². The molecule has 0 aromatic rings. The first-order chi connectivity index (χ1) is 4.31. The molecule has 0 fully saturated rings. The standard InChI is InChI=1S/C7H15NS/c1-4-9-6-5-7(2)8-3/h4-6H2,1-3H3/b8-7-. The normalized spacial score (nSPS) is 12.1. The highest BCUT2D eigenvalue weighted by molar-refractivity contribution is 7.99. The molecule has 0 amide bonds. The molecule has 9 heavy (non-hydrogen) atoms. The van der Waals surface area contributed by atoms with Crippen molar-refractivity contribution in [1.82, 2.24) is 0 Å². The minimum absolute atomic E-state index is 1.15. The Hall–Kier alpha value is 0.0200. The fraction of sp³-hybridized carbons (Fsp3) is 0.857. The zero-order chi connectivity index (χ0) is 7.11. The summed E-state index contributed by atoms with van der Waals surface area (Å²) in [5.41, 5.74) is 1.26. The third kappa shape index (κ3) is 5.90. The van der Waals surface area contributed by atoms with Crippen LogP contribution in [0.25, 0.3) is 0 Å². The molecule has 0 atom stereocenters. The van der Waals surface area contributed by atoms with E-state index in [1.807, 2.05) is 18.8 Å². The predicted octanol–water partition coefficient (Wildman–Crippen LogP) is 2.22. The molecule has 0 aromatic carbocycles. The lowest BCUT2D eigenvalue weighted by molar-refractivity contribution is 1.24. The monoisotopic (exact) mass is 145 g/mol. The van der Waals surface area contributed by atoms with Crippen LogP contribution in [0, 0.1) is 0 Å². The Kier molecular flexibility index (Phi) is 6.16. The van der Waals surface area contributed by atoms with E-state index in [1.54, 1.807) is 0 Å². The number of thioether (sulfide) groups is 1. The Bertz CT molecular complexity index is 88.9. The van der Waals surface area contributed by atoms with Crippen LogP contribution in [0.1, 0.15) is 20.3 Å². The van der Waals surface area contributed by atoms with E-state index in [0.717, 1.165) is 6.42 Å². The van der Waals surface area contributed by atoms with Crippen molar-refractivity contribution in [2.24, 2.45) is 4.99 Å². The zero-order valence-electron chi connectivity index (χ0n) is 6.48. The van der Waals surface area contributed by atoms with Crippen LogP contribution in [0.4, 0.5) is 0 Å². The van der Waals surface area contributed by atoms with Gasteiger partial charge in [0, 0.05) is 12.8 Å². The minimum Gasteiger partial charge on any atom is -0.298 e. The summed E-state index contributed by atoms with van der Waals surface area (Å²) in [5, 5.41) is 0. The zero-order valence-corrected chi connectivity index (χ0v) is 7.29. The number of hydrogen-bond donors (Lipinski definition) is 0. The quantitative estimate of drug-likeness (QED) is 0.436. The number of hydrogen-bond acceptors (Lipinski definition) is 2. The van der Waals surface area contributed by atoms with Gasteiger partial charge in [-0.1, -0.05) is 6.92 Å². The molecule has 0 aliphatic heterocycles. The van der Waals surface area contributed by atoms with Crippen molar-refractivity contribution in [3.63, 3.8) is 0 Å². The second-order valence-electron chi connectivity index (χ2n) is 1.91. The minimum atomic E-state index is 1.15. The maximum absolute atomic E-state index is 4.06. The molecule has 0 unspecified atom stereocenters. The SMILES string of the molecule is CCSCC/C(C)=N\C. The molecule has 0 saturated carbocycles. The van der Waals surface area contributed by atoms with Gasteiger partial charge >= 0.3 is 0 Å². The summed E-state index contributed by atoms with van der Waals surface area (Å²) in [6.45, 7) is 4.26. The number of aliphatic imine (C=N–C) groups is 1. The Balaban J connectivity index is 3.07. The lowest BCUT2D eigenvalue weighted by Crippen LogP contribution is -1.92. The summed E-state index contributed by atoms with van der Waals surface area (Å²) >= 11 is 1.97. The van der Waals surface area contributed by atoms with Gasteiger partial charge in [-0.25, -0.2) is 0 Å². The van der Waals surface area contributed by atoms with E-state index in [4.69, 9.17) is 0 Å². The largest absolute Gasteiger partial charge is 0.298 e. The van der Waals surface area contributed by atoms with Gasteiger partial charge in [-0.3, -0.25) is 4.99 Å². The summed E-state index contributed by atoms with van der Waals surface area (Å²) < 4.78 is 0. The summed E-state index contributed by atoms with van der Waals surface area (Å²) in [7, 11) is 1.85. The number of nitrogens with zero attached hydrogens (tertiary/aromatic N) is 1. The molecule has 0 saturated heterocycles. The number of rotatable bonds is 4. The van der Waals surface area contributed by atoms with Gasteiger partial charge in [0.25, 0.3) is 0 Å². The van der Waals surface area contributed by atoms with Crippen molar-refractivity contribution in [3.8, 4) is 0 Å². The van der Waals surface area contributed by atoms with Crippen LogP contribution in [0.2, 0.25) is 0 Å². The van der Waals surface area contributed by atoms with Gasteiger partial charge in [-0.15, -0.1) is 0 Å². The Morgan fingerprint density at radius 3 is 2.67 bits per heavy atom. The molecule has 1 nitrogen and oxygen atoms in total. The van der Waals surface area contributed by atoms with Gasteiger partial charge in [-0.05, 0) is 24.9 Å². The molecular formula is C7H15NS. The van der Waals surface area contributed by atoms with Crippen molar-refractivity contribution in [2.45, 2.75) is 20.3 Å². The molecule has 0 aliphatic carbocycles. The van der Waals surface area contributed by atoms with E-state index in [9.17, 15) is 0 Å². The Morgan fingerprint density at radius 2 is 2.22 bits per heavy atom. The fourth-order valence-electron chi connectivity index (χ4n) is 0.476. The summed E-state index contributed by atoms with van der Waals surface area (Å²) in [5.74, 6) is 2.44. The fourth-order valence-corrected chi connectivity index (χ4v) is 1.20. The topological polar surface area (TPSA) is 12.4 Å². The van der Waals surface area contributed by atoms with E-state index >= 15 is 0 Å². The van der Waals surface area contributed by atoms with Crippen molar-refractivity contribution in [3.05, 3.63) is 0 Å². The molecule has 2 heteroatoms. The van der Waals surface area contributed by atoms with E-state index in [-0.39, 0.29) is 0 Å². The summed E-state index contributed by atoms with van der Waals surface area (Å²) in [6, 6.07) is 0. The third-order valence-corrected chi connectivity index (χ3v) is 2.10. The van der Waals surface area contributed by atoms with E-state index in [2.05, 4.69) is 18.8 Å². The van der Waals surface area contributed by atoms with Gasteiger partial charge < -0.3 is 0 Å². The Labute approximate surface area is 61.9 Å². The second-order valence-corrected chi connectivity index (χ2v) is 3.30. The van der Waals surface area contributed by atoms with Crippen LogP contribution in [-0.2, 0) is 0 Å². The smallest absolute Gasteiger partial charge is 0.0276 e. The van der Waals surface area contributed by atoms with Crippen molar-refractivity contribution in [2.75, 3.05) is 18.6 Å². The maximum atomic E-state index is 4.06. The lowest BCUT2D eigenvalue weighted by Gasteiger charge is -1.96. The van der Waals surface area contributed by atoms with Gasteiger partial charge in [0.05, 0.1) is 0 Å². The lowest BCUT2D eigenvalue weighted by atomic mass is 10.3. The average Bonchev–Trinajstić information content (AvgIpc) is 1.89. The van der Waals surface area contributed by atoms with Crippen LogP contribution in [0.5, 0.6) is 0 Å². The molecule has 0 rings (SSSR count). The predicted molar refractivity (Wildman–Crippen MR) is 46.6 cm³/mol. The van der Waals surface area contributed by atoms with E-state index in [1.165, 1.54) is 17.2 Å². The van der Waals surface area contributed by atoms with Crippen LogP contribution in [0.15, 0.2) is 4.99 Å². The highest BCUT2D eigenvalue weighted by Crippen LogP contribution is 2.01. The highest BCUT2D eigenvalue weighted by atomic mass is 32.2. The molecule has 0 aromatic heterocycles. The molecule has 0 spiro atoms. The molecule has 0 aliphatic rings. The first-order valence-corrected chi connectivity index (χ1v) is 4.46. The first kappa shape index (κ1) is 9.02. The van der Waals surface area contributed by atoms with Crippen molar-refractivity contribution < 1.29 is 0 Å². The second kappa shape index (κ2) is 6.14. The van der Waals surface area contributed by atoms with Crippen LogP contribution < -0.4 is 0 Å². The first-order valence-electron chi connectivity index (χ1n) is 3.31. The van der Waals surface area contributed by atoms with E-state index in [0.29, 0.717) is 0 Å². The van der Waals surface area contributed by atoms with Gasteiger partial charge in [0.2, 0.25) is 0 Å². The average molecular weight is 145 g/mol. The molecule has 0 heterocycles. The highest BCUT2D eigenvalue weighted by Gasteiger charge is 1.88. The Morgan fingerprint density at radius 1 is 1.56 bits per heavy atom. The molecule has 54 valence electrons. The van der Waals surface area contributed by atoms with E-state index < -0.39 is 0 Å². The van der Waals surface area contributed by atoms with Crippen molar-refractivity contribution >= 4 is 17.5 Å². The maximum Gasteiger partial charge on any atom is 0.0276 e. The van der Waals surface area contributed by atoms with Gasteiger partial charge in [0.1, 0.15) is 0 Å². The molecule has 0 radical (unpaired) electrons.